The summed E-state index contributed by atoms with van der Waals surface area (Å²) in [6, 6.07) is 14.3. The Labute approximate surface area is 193 Å². The Hall–Kier alpha value is -2.46. The molecule has 0 aliphatic carbocycles. The standard InChI is InChI=1S/C22H25FN4O2.HI/c1-15-4-6-17(7-5-15)21-27-19(14-29-21)12-25-22(24-2)26-13-20(28-3)16-8-10-18(23)11-9-16;/h4-11,14,20H,12-13H2,1-3H3,(H2,24,25,26);1H. The number of guanidine groups is 1. The van der Waals surface area contributed by atoms with Gasteiger partial charge in [0.25, 0.3) is 0 Å². The van der Waals surface area contributed by atoms with Crippen LogP contribution < -0.4 is 10.6 Å². The summed E-state index contributed by atoms with van der Waals surface area (Å²) in [6.45, 7) is 2.98. The maximum atomic E-state index is 13.1. The number of aromatic nitrogens is 1. The summed E-state index contributed by atoms with van der Waals surface area (Å²) in [4.78, 5) is 8.72. The summed E-state index contributed by atoms with van der Waals surface area (Å²) < 4.78 is 24.2. The monoisotopic (exact) mass is 524 g/mol. The molecule has 0 fully saturated rings. The van der Waals surface area contributed by atoms with E-state index < -0.39 is 0 Å². The fourth-order valence-electron chi connectivity index (χ4n) is 2.82. The van der Waals surface area contributed by atoms with Crippen molar-refractivity contribution in [3.05, 3.63) is 77.4 Å². The Kier molecular flexibility index (Phi) is 9.25. The van der Waals surface area contributed by atoms with E-state index in [2.05, 4.69) is 20.6 Å². The molecule has 0 saturated heterocycles. The number of benzene rings is 2. The van der Waals surface area contributed by atoms with Crippen molar-refractivity contribution in [2.75, 3.05) is 20.7 Å². The number of hydrogen-bond acceptors (Lipinski definition) is 4. The normalized spacial score (nSPS) is 12.2. The van der Waals surface area contributed by atoms with Crippen LogP contribution in [-0.4, -0.2) is 31.6 Å². The van der Waals surface area contributed by atoms with Gasteiger partial charge in [0.2, 0.25) is 5.89 Å². The van der Waals surface area contributed by atoms with Gasteiger partial charge in [-0.05, 0) is 36.8 Å². The second-order valence-corrected chi connectivity index (χ2v) is 6.59. The molecule has 6 nitrogen and oxygen atoms in total. The zero-order valence-electron chi connectivity index (χ0n) is 17.2. The quantitative estimate of drug-likeness (QED) is 0.272. The van der Waals surface area contributed by atoms with Crippen LogP contribution in [0.2, 0.25) is 0 Å². The van der Waals surface area contributed by atoms with E-state index in [9.17, 15) is 4.39 Å². The molecule has 1 atom stereocenters. The Morgan fingerprint density at radius 1 is 1.13 bits per heavy atom. The van der Waals surface area contributed by atoms with Crippen LogP contribution >= 0.6 is 24.0 Å². The van der Waals surface area contributed by atoms with Gasteiger partial charge in [-0.3, -0.25) is 4.99 Å². The van der Waals surface area contributed by atoms with Crippen molar-refractivity contribution in [1.29, 1.82) is 0 Å². The summed E-state index contributed by atoms with van der Waals surface area (Å²) in [5.41, 5.74) is 3.78. The van der Waals surface area contributed by atoms with Crippen LogP contribution in [0.3, 0.4) is 0 Å². The molecule has 0 radical (unpaired) electrons. The minimum absolute atomic E-state index is 0. The maximum Gasteiger partial charge on any atom is 0.226 e. The van der Waals surface area contributed by atoms with Crippen LogP contribution in [0.1, 0.15) is 22.9 Å². The fourth-order valence-corrected chi connectivity index (χ4v) is 2.82. The van der Waals surface area contributed by atoms with Crippen molar-refractivity contribution in [3.8, 4) is 11.5 Å². The van der Waals surface area contributed by atoms with Crippen molar-refractivity contribution in [2.24, 2.45) is 4.99 Å². The highest BCUT2D eigenvalue weighted by Crippen LogP contribution is 2.19. The van der Waals surface area contributed by atoms with Crippen LogP contribution in [0.5, 0.6) is 0 Å². The van der Waals surface area contributed by atoms with Gasteiger partial charge in [0.05, 0.1) is 18.3 Å². The predicted octanol–water partition coefficient (Wildman–Crippen LogP) is 4.46. The Balaban J connectivity index is 0.00000320. The molecule has 1 heterocycles. The van der Waals surface area contributed by atoms with E-state index in [1.54, 1.807) is 32.6 Å². The van der Waals surface area contributed by atoms with E-state index in [-0.39, 0.29) is 35.9 Å². The van der Waals surface area contributed by atoms with E-state index in [1.807, 2.05) is 31.2 Å². The van der Waals surface area contributed by atoms with Gasteiger partial charge in [0, 0.05) is 26.3 Å². The van der Waals surface area contributed by atoms with Gasteiger partial charge in [-0.2, -0.15) is 0 Å². The molecule has 0 aliphatic rings. The number of aliphatic imine (C=N–C) groups is 1. The number of oxazole rings is 1. The van der Waals surface area contributed by atoms with Crippen molar-refractivity contribution in [3.63, 3.8) is 0 Å². The van der Waals surface area contributed by atoms with Gasteiger partial charge in [-0.1, -0.05) is 29.8 Å². The van der Waals surface area contributed by atoms with Crippen molar-refractivity contribution in [2.45, 2.75) is 19.6 Å². The van der Waals surface area contributed by atoms with Crippen molar-refractivity contribution >= 4 is 29.9 Å². The summed E-state index contributed by atoms with van der Waals surface area (Å²) >= 11 is 0. The lowest BCUT2D eigenvalue weighted by atomic mass is 10.1. The number of nitrogens with zero attached hydrogens (tertiary/aromatic N) is 2. The molecule has 0 amide bonds. The summed E-state index contributed by atoms with van der Waals surface area (Å²) in [5.74, 6) is 0.918. The third-order valence-electron chi connectivity index (χ3n) is 4.49. The Morgan fingerprint density at radius 3 is 2.47 bits per heavy atom. The average Bonchev–Trinajstić information content (AvgIpc) is 3.21. The highest BCUT2D eigenvalue weighted by molar-refractivity contribution is 14.0. The SMILES string of the molecule is CN=C(NCc1coc(-c2ccc(C)cc2)n1)NCC(OC)c1ccc(F)cc1.I. The van der Waals surface area contributed by atoms with Crippen LogP contribution in [-0.2, 0) is 11.3 Å². The number of methoxy groups -OCH3 is 1. The fraction of sp³-hybridized carbons (Fsp3) is 0.273. The Bertz CT molecular complexity index is 943. The first-order valence-corrected chi connectivity index (χ1v) is 9.33. The number of ether oxygens (including phenoxy) is 1. The topological polar surface area (TPSA) is 71.7 Å². The van der Waals surface area contributed by atoms with E-state index in [0.29, 0.717) is 24.9 Å². The van der Waals surface area contributed by atoms with E-state index in [4.69, 9.17) is 9.15 Å². The molecule has 1 aromatic heterocycles. The largest absolute Gasteiger partial charge is 0.444 e. The van der Waals surface area contributed by atoms with E-state index in [1.165, 1.54) is 17.7 Å². The number of nitrogens with one attached hydrogen (secondary N) is 2. The number of aryl methyl sites for hydroxylation is 1. The summed E-state index contributed by atoms with van der Waals surface area (Å²) in [5, 5.41) is 6.41. The van der Waals surface area contributed by atoms with Gasteiger partial charge in [0.15, 0.2) is 5.96 Å². The second kappa shape index (κ2) is 11.7. The first-order chi connectivity index (χ1) is 14.1. The van der Waals surface area contributed by atoms with Crippen LogP contribution in [0, 0.1) is 12.7 Å². The number of halogens is 2. The first-order valence-electron chi connectivity index (χ1n) is 9.33. The van der Waals surface area contributed by atoms with Gasteiger partial charge in [-0.25, -0.2) is 9.37 Å². The smallest absolute Gasteiger partial charge is 0.226 e. The van der Waals surface area contributed by atoms with Gasteiger partial charge < -0.3 is 19.8 Å². The Morgan fingerprint density at radius 2 is 1.83 bits per heavy atom. The number of rotatable bonds is 7. The molecule has 1 unspecified atom stereocenters. The third kappa shape index (κ3) is 6.53. The molecule has 3 rings (SSSR count). The lowest BCUT2D eigenvalue weighted by Crippen LogP contribution is -2.39. The minimum Gasteiger partial charge on any atom is -0.444 e. The zero-order valence-corrected chi connectivity index (χ0v) is 19.5. The second-order valence-electron chi connectivity index (χ2n) is 6.59. The lowest BCUT2D eigenvalue weighted by molar-refractivity contribution is 0.106. The van der Waals surface area contributed by atoms with Crippen LogP contribution in [0.25, 0.3) is 11.5 Å². The molecule has 2 N–H and O–H groups in total. The minimum atomic E-state index is -0.272. The molecule has 2 aromatic carbocycles. The van der Waals surface area contributed by atoms with Crippen molar-refractivity contribution in [1.82, 2.24) is 15.6 Å². The van der Waals surface area contributed by atoms with Gasteiger partial charge >= 0.3 is 0 Å². The third-order valence-corrected chi connectivity index (χ3v) is 4.49. The maximum absolute atomic E-state index is 13.1. The lowest BCUT2D eigenvalue weighted by Gasteiger charge is -2.18. The van der Waals surface area contributed by atoms with Gasteiger partial charge in [-0.15, -0.1) is 24.0 Å². The van der Waals surface area contributed by atoms with E-state index in [0.717, 1.165) is 16.8 Å². The average molecular weight is 524 g/mol. The molecular formula is C22H26FIN4O2. The molecule has 160 valence electrons. The highest BCUT2D eigenvalue weighted by Gasteiger charge is 2.12. The molecule has 0 aliphatic heterocycles. The summed E-state index contributed by atoms with van der Waals surface area (Å²) in [7, 11) is 3.31. The molecule has 30 heavy (non-hydrogen) atoms. The molecular weight excluding hydrogens is 498 g/mol. The first kappa shape index (κ1) is 23.8. The van der Waals surface area contributed by atoms with Gasteiger partial charge in [0.1, 0.15) is 12.1 Å². The van der Waals surface area contributed by atoms with Crippen LogP contribution in [0.4, 0.5) is 4.39 Å². The molecule has 3 aromatic rings. The zero-order chi connectivity index (χ0) is 20.6. The van der Waals surface area contributed by atoms with Crippen LogP contribution in [0.15, 0.2) is 64.2 Å². The molecule has 0 spiro atoms. The molecule has 0 bridgehead atoms. The summed E-state index contributed by atoms with van der Waals surface area (Å²) in [6.07, 6.45) is 1.40. The molecule has 8 heteroatoms. The van der Waals surface area contributed by atoms with Crippen molar-refractivity contribution < 1.29 is 13.5 Å². The highest BCUT2D eigenvalue weighted by atomic mass is 127. The molecule has 0 saturated carbocycles. The van der Waals surface area contributed by atoms with E-state index >= 15 is 0 Å². The predicted molar refractivity (Wildman–Crippen MR) is 126 cm³/mol. The number of hydrogen-bond donors (Lipinski definition) is 2.